The number of carbonyl (C=O) groups excluding carboxylic acids is 2. The molecule has 0 spiro atoms. The Morgan fingerprint density at radius 1 is 0.966 bits per heavy atom. The maximum Gasteiger partial charge on any atom is 0.199 e. The number of allylic oxidation sites excluding steroid dienone is 1. The van der Waals surface area contributed by atoms with Gasteiger partial charge in [-0.3, -0.25) is 9.59 Å². The van der Waals surface area contributed by atoms with Crippen molar-refractivity contribution in [1.29, 1.82) is 0 Å². The Hall–Kier alpha value is -2.95. The van der Waals surface area contributed by atoms with Crippen LogP contribution in [0.25, 0.3) is 27.6 Å². The van der Waals surface area contributed by atoms with Crippen LogP contribution in [0, 0.1) is 6.92 Å². The lowest BCUT2D eigenvalue weighted by molar-refractivity contribution is 0.0990. The molecule has 0 atom stereocenters. The molecule has 29 heavy (non-hydrogen) atoms. The van der Waals surface area contributed by atoms with E-state index in [2.05, 4.69) is 22.8 Å². The zero-order valence-corrected chi connectivity index (χ0v) is 17.4. The van der Waals surface area contributed by atoms with Crippen LogP contribution in [0.15, 0.2) is 60.2 Å². The van der Waals surface area contributed by atoms with Crippen molar-refractivity contribution in [3.63, 3.8) is 0 Å². The van der Waals surface area contributed by atoms with Crippen LogP contribution in [0.5, 0.6) is 0 Å². The molecule has 5 heteroatoms. The predicted octanol–water partition coefficient (Wildman–Crippen LogP) is 6.33. The monoisotopic (exact) mass is 417 g/mol. The molecule has 0 saturated heterocycles. The first kappa shape index (κ1) is 18.1. The number of hydrogen-bond acceptors (Lipinski definition) is 3. The number of benzene rings is 2. The van der Waals surface area contributed by atoms with Crippen molar-refractivity contribution < 1.29 is 9.59 Å². The summed E-state index contributed by atoms with van der Waals surface area (Å²) in [4.78, 5) is 26.6. The smallest absolute Gasteiger partial charge is 0.199 e. The van der Waals surface area contributed by atoms with Gasteiger partial charge in [0.1, 0.15) is 0 Å². The van der Waals surface area contributed by atoms with E-state index in [9.17, 15) is 9.59 Å². The van der Waals surface area contributed by atoms with E-state index in [0.717, 1.165) is 31.9 Å². The third kappa shape index (κ3) is 2.71. The number of aromatic nitrogens is 1. The third-order valence-electron chi connectivity index (χ3n) is 5.41. The number of aryl methyl sites for hydroxylation is 2. The highest BCUT2D eigenvalue weighted by Gasteiger charge is 2.36. The molecule has 0 N–H and O–H groups in total. The highest BCUT2D eigenvalue weighted by molar-refractivity contribution is 7.19. The van der Waals surface area contributed by atoms with E-state index in [1.54, 1.807) is 29.5 Å². The van der Waals surface area contributed by atoms with Crippen molar-refractivity contribution in [3.05, 3.63) is 86.8 Å². The fraction of sp³-hybridized carbons (Fsp3) is 0.0833. The summed E-state index contributed by atoms with van der Waals surface area (Å²) in [5.74, 6) is -0.534. The van der Waals surface area contributed by atoms with Gasteiger partial charge in [0.25, 0.3) is 0 Å². The first-order valence-corrected chi connectivity index (χ1v) is 10.4. The van der Waals surface area contributed by atoms with Gasteiger partial charge in [0, 0.05) is 23.2 Å². The number of ketones is 2. The number of fused-ring (bicyclic) bond motifs is 2. The van der Waals surface area contributed by atoms with E-state index in [1.807, 2.05) is 38.2 Å². The zero-order valence-electron chi connectivity index (χ0n) is 15.8. The minimum absolute atomic E-state index is 0.186. The summed E-state index contributed by atoms with van der Waals surface area (Å²) >= 11 is 7.78. The molecule has 0 amide bonds. The van der Waals surface area contributed by atoms with Gasteiger partial charge < -0.3 is 4.57 Å². The van der Waals surface area contributed by atoms with Crippen LogP contribution in [0.1, 0.15) is 31.2 Å². The quantitative estimate of drug-likeness (QED) is 0.282. The van der Waals surface area contributed by atoms with Crippen molar-refractivity contribution in [1.82, 2.24) is 4.57 Å². The van der Waals surface area contributed by atoms with E-state index < -0.39 is 0 Å². The van der Waals surface area contributed by atoms with E-state index in [0.29, 0.717) is 16.1 Å². The Bertz CT molecular complexity index is 1320. The number of halogens is 1. The summed E-state index contributed by atoms with van der Waals surface area (Å²) in [6, 6.07) is 17.8. The molecule has 0 aliphatic heterocycles. The molecule has 0 bridgehead atoms. The van der Waals surface area contributed by atoms with Gasteiger partial charge in [0.15, 0.2) is 11.6 Å². The van der Waals surface area contributed by atoms with Crippen molar-refractivity contribution >= 4 is 50.8 Å². The Labute approximate surface area is 176 Å². The van der Waals surface area contributed by atoms with E-state index >= 15 is 0 Å². The van der Waals surface area contributed by atoms with E-state index in [4.69, 9.17) is 11.6 Å². The number of carbonyl (C=O) groups is 2. The van der Waals surface area contributed by atoms with Crippen LogP contribution in [-0.2, 0) is 7.05 Å². The molecule has 5 rings (SSSR count). The average molecular weight is 418 g/mol. The maximum absolute atomic E-state index is 12.9. The molecule has 0 radical (unpaired) electrons. The van der Waals surface area contributed by atoms with Crippen LogP contribution >= 0.6 is 22.9 Å². The normalized spacial score (nSPS) is 14.9. The van der Waals surface area contributed by atoms with Gasteiger partial charge in [-0.2, -0.15) is 0 Å². The Morgan fingerprint density at radius 3 is 2.38 bits per heavy atom. The summed E-state index contributed by atoms with van der Waals surface area (Å²) in [6.07, 6.45) is 1.70. The van der Waals surface area contributed by atoms with Gasteiger partial charge in [-0.25, -0.2) is 0 Å². The minimum Gasteiger partial charge on any atom is -0.343 e. The fourth-order valence-electron chi connectivity index (χ4n) is 3.93. The summed E-state index contributed by atoms with van der Waals surface area (Å²) in [7, 11) is 2.03. The first-order chi connectivity index (χ1) is 14.0. The SMILES string of the molecule is Cc1ccc(Cl)c2c1C(=O)/C(=C/c1cc3c(cc(-c4ccccc4)n3C)s1)C2=O. The second-order valence-corrected chi connectivity index (χ2v) is 8.71. The Kier molecular flexibility index (Phi) is 4.09. The lowest BCUT2D eigenvalue weighted by Crippen LogP contribution is -2.00. The Morgan fingerprint density at radius 2 is 1.69 bits per heavy atom. The highest BCUT2D eigenvalue weighted by Crippen LogP contribution is 2.38. The lowest BCUT2D eigenvalue weighted by Gasteiger charge is -2.03. The predicted molar refractivity (Wildman–Crippen MR) is 119 cm³/mol. The summed E-state index contributed by atoms with van der Waals surface area (Å²) in [5, 5.41) is 0.330. The van der Waals surface area contributed by atoms with E-state index in [1.165, 1.54) is 0 Å². The lowest BCUT2D eigenvalue weighted by atomic mass is 10.0. The second kappa shape index (κ2) is 6.55. The van der Waals surface area contributed by atoms with Crippen molar-refractivity contribution in [2.24, 2.45) is 7.05 Å². The van der Waals surface area contributed by atoms with Crippen LogP contribution in [-0.4, -0.2) is 16.1 Å². The minimum atomic E-state index is -0.291. The molecule has 1 aliphatic carbocycles. The van der Waals surface area contributed by atoms with E-state index in [-0.39, 0.29) is 17.1 Å². The third-order valence-corrected chi connectivity index (χ3v) is 6.75. The summed E-state index contributed by atoms with van der Waals surface area (Å²) in [5.41, 5.74) is 5.08. The molecule has 0 saturated carbocycles. The van der Waals surface area contributed by atoms with Crippen LogP contribution in [0.2, 0.25) is 5.02 Å². The molecule has 142 valence electrons. The van der Waals surface area contributed by atoms with Gasteiger partial charge in [-0.15, -0.1) is 11.3 Å². The standard InChI is InChI=1S/C24H16ClNO2S/c1-13-8-9-17(25)22-21(13)23(27)16(24(22)28)10-15-11-19-20(29-15)12-18(26(19)2)14-6-4-3-5-7-14/h3-12H,1-2H3/b16-10-. The molecular weight excluding hydrogens is 402 g/mol. The fourth-order valence-corrected chi connectivity index (χ4v) is 5.25. The number of rotatable bonds is 2. The number of thiophene rings is 1. The van der Waals surface area contributed by atoms with Crippen LogP contribution in [0.4, 0.5) is 0 Å². The molecule has 0 fully saturated rings. The van der Waals surface area contributed by atoms with Gasteiger partial charge >= 0.3 is 0 Å². The highest BCUT2D eigenvalue weighted by atomic mass is 35.5. The average Bonchev–Trinajstić information content (AvgIpc) is 3.33. The summed E-state index contributed by atoms with van der Waals surface area (Å²) in [6.45, 7) is 1.83. The molecule has 2 aromatic carbocycles. The van der Waals surface area contributed by atoms with Gasteiger partial charge in [0.2, 0.25) is 0 Å². The number of nitrogens with zero attached hydrogens (tertiary/aromatic N) is 1. The topological polar surface area (TPSA) is 39.1 Å². The molecule has 4 aromatic rings. The molecule has 0 unspecified atom stereocenters. The number of Topliss-reactive ketones (excluding diaryl/α,β-unsaturated/α-hetero) is 2. The second-order valence-electron chi connectivity index (χ2n) is 7.18. The summed E-state index contributed by atoms with van der Waals surface area (Å²) < 4.78 is 3.25. The molecular formula is C24H16ClNO2S. The van der Waals surface area contributed by atoms with Gasteiger partial charge in [-0.05, 0) is 42.3 Å². The molecule has 3 nitrogen and oxygen atoms in total. The van der Waals surface area contributed by atoms with Crippen molar-refractivity contribution in [2.45, 2.75) is 6.92 Å². The molecule has 2 heterocycles. The van der Waals surface area contributed by atoms with Gasteiger partial charge in [-0.1, -0.05) is 48.0 Å². The van der Waals surface area contributed by atoms with Gasteiger partial charge in [0.05, 0.1) is 26.4 Å². The molecule has 2 aromatic heterocycles. The molecule has 1 aliphatic rings. The zero-order chi connectivity index (χ0) is 20.3. The van der Waals surface area contributed by atoms with Crippen LogP contribution < -0.4 is 0 Å². The Balaban J connectivity index is 1.58. The van der Waals surface area contributed by atoms with Crippen molar-refractivity contribution in [2.75, 3.05) is 0 Å². The largest absolute Gasteiger partial charge is 0.343 e. The maximum atomic E-state index is 12.9. The van der Waals surface area contributed by atoms with Crippen molar-refractivity contribution in [3.8, 4) is 11.3 Å². The first-order valence-electron chi connectivity index (χ1n) is 9.20. The van der Waals surface area contributed by atoms with Crippen LogP contribution in [0.3, 0.4) is 0 Å². The number of hydrogen-bond donors (Lipinski definition) is 0.